The van der Waals surface area contributed by atoms with E-state index in [2.05, 4.69) is 10.1 Å². The Kier molecular flexibility index (Phi) is 4.73. The van der Waals surface area contributed by atoms with Crippen molar-refractivity contribution in [2.45, 2.75) is 12.7 Å². The summed E-state index contributed by atoms with van der Waals surface area (Å²) in [4.78, 5) is 4.26. The molecule has 0 aliphatic carbocycles. The minimum absolute atomic E-state index is 0.0677. The number of halogens is 5. The standard InChI is InChI=1S/C19H9Cl2F3N4O/c20-12-5-11(6-13(21)7-12)18-26-16(27-29-18)9-28-4-3-14-15(28)2-1-10(8-25)17(14)19(22,23)24/h1-7H,9H2. The lowest BCUT2D eigenvalue weighted by Gasteiger charge is -2.11. The van der Waals surface area contributed by atoms with Crippen molar-refractivity contribution in [3.63, 3.8) is 0 Å². The van der Waals surface area contributed by atoms with E-state index in [1.54, 1.807) is 28.8 Å². The Morgan fingerprint density at radius 3 is 2.48 bits per heavy atom. The third-order valence-electron chi connectivity index (χ3n) is 4.25. The normalized spacial score (nSPS) is 11.7. The first-order valence-corrected chi connectivity index (χ1v) is 8.90. The van der Waals surface area contributed by atoms with Crippen LogP contribution in [0.25, 0.3) is 22.4 Å². The van der Waals surface area contributed by atoms with Crippen molar-refractivity contribution in [3.8, 4) is 17.5 Å². The highest BCUT2D eigenvalue weighted by Gasteiger charge is 2.36. The summed E-state index contributed by atoms with van der Waals surface area (Å²) < 4.78 is 47.1. The van der Waals surface area contributed by atoms with Crippen LogP contribution in [-0.2, 0) is 12.7 Å². The molecule has 146 valence electrons. The third kappa shape index (κ3) is 3.67. The number of nitrogens with zero attached hydrogens (tertiary/aromatic N) is 4. The van der Waals surface area contributed by atoms with E-state index < -0.39 is 17.3 Å². The van der Waals surface area contributed by atoms with Crippen molar-refractivity contribution in [1.82, 2.24) is 14.7 Å². The second-order valence-corrected chi connectivity index (χ2v) is 7.02. The molecule has 0 atom stereocenters. The van der Waals surface area contributed by atoms with Gasteiger partial charge in [-0.3, -0.25) is 0 Å². The lowest BCUT2D eigenvalue weighted by atomic mass is 10.0. The van der Waals surface area contributed by atoms with Gasteiger partial charge in [-0.2, -0.15) is 23.4 Å². The van der Waals surface area contributed by atoms with Gasteiger partial charge in [-0.25, -0.2) is 0 Å². The van der Waals surface area contributed by atoms with E-state index in [0.29, 0.717) is 21.1 Å². The number of rotatable bonds is 3. The molecular formula is C19H9Cl2F3N4O. The van der Waals surface area contributed by atoms with Gasteiger partial charge in [-0.1, -0.05) is 28.4 Å². The molecule has 0 spiro atoms. The quantitative estimate of drug-likeness (QED) is 0.398. The lowest BCUT2D eigenvalue weighted by molar-refractivity contribution is -0.136. The van der Waals surface area contributed by atoms with Crippen molar-refractivity contribution < 1.29 is 17.7 Å². The molecule has 0 saturated heterocycles. The molecule has 0 amide bonds. The summed E-state index contributed by atoms with van der Waals surface area (Å²) in [6.07, 6.45) is -3.17. The second kappa shape index (κ2) is 7.10. The smallest absolute Gasteiger partial charge is 0.340 e. The van der Waals surface area contributed by atoms with Crippen LogP contribution in [0.2, 0.25) is 10.0 Å². The fourth-order valence-corrected chi connectivity index (χ4v) is 3.60. The van der Waals surface area contributed by atoms with Crippen LogP contribution >= 0.6 is 23.2 Å². The Labute approximate surface area is 171 Å². The Hall–Kier alpha value is -3.02. The molecule has 0 saturated carbocycles. The minimum Gasteiger partial charge on any atom is -0.340 e. The summed E-state index contributed by atoms with van der Waals surface area (Å²) in [5, 5.41) is 13.6. The Bertz CT molecular complexity index is 1250. The van der Waals surface area contributed by atoms with Gasteiger partial charge in [-0.15, -0.1) is 0 Å². The summed E-state index contributed by atoms with van der Waals surface area (Å²) >= 11 is 11.9. The van der Waals surface area contributed by atoms with Crippen LogP contribution in [0.3, 0.4) is 0 Å². The SMILES string of the molecule is N#Cc1ccc2c(ccn2Cc2noc(-c3cc(Cl)cc(Cl)c3)n2)c1C(F)(F)F. The van der Waals surface area contributed by atoms with Crippen molar-refractivity contribution in [2.75, 3.05) is 0 Å². The Morgan fingerprint density at radius 1 is 1.10 bits per heavy atom. The van der Waals surface area contributed by atoms with Gasteiger partial charge in [-0.05, 0) is 36.4 Å². The molecule has 5 nitrogen and oxygen atoms in total. The number of nitriles is 1. The number of fused-ring (bicyclic) bond motifs is 1. The lowest BCUT2D eigenvalue weighted by Crippen LogP contribution is -2.09. The average molecular weight is 437 g/mol. The van der Waals surface area contributed by atoms with Gasteiger partial charge < -0.3 is 9.09 Å². The van der Waals surface area contributed by atoms with Crippen LogP contribution in [-0.4, -0.2) is 14.7 Å². The summed E-state index contributed by atoms with van der Waals surface area (Å²) in [6.45, 7) is 0.0739. The van der Waals surface area contributed by atoms with Gasteiger partial charge in [0, 0.05) is 32.7 Å². The molecule has 0 fully saturated rings. The highest BCUT2D eigenvalue weighted by Crippen LogP contribution is 2.37. The average Bonchev–Trinajstić information content (AvgIpc) is 3.27. The van der Waals surface area contributed by atoms with Crippen molar-refractivity contribution in [1.29, 1.82) is 5.26 Å². The first-order valence-electron chi connectivity index (χ1n) is 8.14. The fraction of sp³-hybridized carbons (Fsp3) is 0.105. The van der Waals surface area contributed by atoms with Crippen LogP contribution in [0.5, 0.6) is 0 Å². The van der Waals surface area contributed by atoms with Crippen LogP contribution in [0, 0.1) is 11.3 Å². The predicted molar refractivity (Wildman–Crippen MR) is 101 cm³/mol. The molecule has 2 aromatic heterocycles. The molecule has 2 aromatic carbocycles. The van der Waals surface area contributed by atoms with Crippen LogP contribution in [0.4, 0.5) is 13.2 Å². The van der Waals surface area contributed by atoms with Gasteiger partial charge in [0.2, 0.25) is 0 Å². The molecule has 0 bridgehead atoms. The third-order valence-corrected chi connectivity index (χ3v) is 4.68. The molecule has 0 N–H and O–H groups in total. The second-order valence-electron chi connectivity index (χ2n) is 6.15. The molecule has 2 heterocycles. The zero-order valence-corrected chi connectivity index (χ0v) is 15.8. The zero-order valence-electron chi connectivity index (χ0n) is 14.3. The number of aromatic nitrogens is 3. The molecule has 4 rings (SSSR count). The number of benzene rings is 2. The maximum absolute atomic E-state index is 13.4. The van der Waals surface area contributed by atoms with E-state index in [9.17, 15) is 13.2 Å². The van der Waals surface area contributed by atoms with Gasteiger partial charge >= 0.3 is 6.18 Å². The minimum atomic E-state index is -4.65. The van der Waals surface area contributed by atoms with E-state index in [-0.39, 0.29) is 23.6 Å². The Morgan fingerprint density at radius 2 is 1.83 bits per heavy atom. The first kappa shape index (κ1) is 19.3. The molecule has 0 radical (unpaired) electrons. The highest BCUT2D eigenvalue weighted by atomic mass is 35.5. The molecule has 29 heavy (non-hydrogen) atoms. The van der Waals surface area contributed by atoms with Crippen LogP contribution < -0.4 is 0 Å². The van der Waals surface area contributed by atoms with Crippen LogP contribution in [0.15, 0.2) is 47.1 Å². The van der Waals surface area contributed by atoms with Gasteiger partial charge in [0.1, 0.15) is 0 Å². The van der Waals surface area contributed by atoms with Crippen LogP contribution in [0.1, 0.15) is 17.0 Å². The van der Waals surface area contributed by atoms with Crippen molar-refractivity contribution in [2.24, 2.45) is 0 Å². The van der Waals surface area contributed by atoms with E-state index >= 15 is 0 Å². The van der Waals surface area contributed by atoms with Crippen molar-refractivity contribution >= 4 is 34.1 Å². The van der Waals surface area contributed by atoms with Gasteiger partial charge in [0.25, 0.3) is 5.89 Å². The molecule has 0 unspecified atom stereocenters. The van der Waals surface area contributed by atoms with E-state index in [1.165, 1.54) is 18.3 Å². The van der Waals surface area contributed by atoms with E-state index in [4.69, 9.17) is 33.0 Å². The summed E-state index contributed by atoms with van der Waals surface area (Å²) in [5.74, 6) is 0.440. The fourth-order valence-electron chi connectivity index (χ4n) is 3.07. The van der Waals surface area contributed by atoms with E-state index in [1.807, 2.05) is 0 Å². The zero-order chi connectivity index (χ0) is 20.8. The molecule has 0 aliphatic rings. The predicted octanol–water partition coefficient (Wildman–Crippen LogP) is 5.94. The molecule has 4 aromatic rings. The van der Waals surface area contributed by atoms with Gasteiger partial charge in [0.05, 0.1) is 23.7 Å². The monoisotopic (exact) mass is 436 g/mol. The Balaban J connectivity index is 1.71. The van der Waals surface area contributed by atoms with Crippen molar-refractivity contribution in [3.05, 3.63) is 69.6 Å². The number of hydrogen-bond donors (Lipinski definition) is 0. The van der Waals surface area contributed by atoms with Gasteiger partial charge in [0.15, 0.2) is 5.82 Å². The topological polar surface area (TPSA) is 67.6 Å². The number of alkyl halides is 3. The van der Waals surface area contributed by atoms with E-state index in [0.717, 1.165) is 6.07 Å². The first-order chi connectivity index (χ1) is 13.8. The maximum atomic E-state index is 13.4. The summed E-state index contributed by atoms with van der Waals surface area (Å²) in [7, 11) is 0. The molecule has 0 aliphatic heterocycles. The highest BCUT2D eigenvalue weighted by molar-refractivity contribution is 6.35. The molecular weight excluding hydrogens is 428 g/mol. The summed E-state index contributed by atoms with van der Waals surface area (Å²) in [6, 6.07) is 10.3. The maximum Gasteiger partial charge on any atom is 0.418 e. The molecule has 10 heteroatoms. The summed E-state index contributed by atoms with van der Waals surface area (Å²) in [5.41, 5.74) is -0.564. The number of hydrogen-bond acceptors (Lipinski definition) is 4. The largest absolute Gasteiger partial charge is 0.418 e.